The highest BCUT2D eigenvalue weighted by atomic mass is 19.1. The molecule has 7 nitrogen and oxygen atoms in total. The Labute approximate surface area is 228 Å². The van der Waals surface area contributed by atoms with Crippen molar-refractivity contribution in [3.05, 3.63) is 162 Å². The number of H-pyrrole nitrogens is 2. The summed E-state index contributed by atoms with van der Waals surface area (Å²) in [5, 5.41) is 0.0799. The number of aromatic amines is 2. The summed E-state index contributed by atoms with van der Waals surface area (Å²) in [6.07, 6.45) is 5.28. The van der Waals surface area contributed by atoms with Gasteiger partial charge in [0.25, 0.3) is 11.1 Å². The smallest absolute Gasteiger partial charge is 0.272 e. The summed E-state index contributed by atoms with van der Waals surface area (Å²) in [4.78, 5) is 47.7. The molecule has 2 aromatic heterocycles. The van der Waals surface area contributed by atoms with Gasteiger partial charge in [0.2, 0.25) is 0 Å². The van der Waals surface area contributed by atoms with Crippen LogP contribution < -0.4 is 26.6 Å². The van der Waals surface area contributed by atoms with Gasteiger partial charge in [-0.05, 0) is 65.7 Å². The Bertz CT molecular complexity index is 1880. The number of hydrogen-bond donors (Lipinski definition) is 2. The Morgan fingerprint density at radius 2 is 1.52 bits per heavy atom. The number of carbonyl (C=O) groups is 1. The molecule has 0 fully saturated rings. The van der Waals surface area contributed by atoms with E-state index in [0.717, 1.165) is 6.42 Å². The third-order valence-electron chi connectivity index (χ3n) is 6.11. The molecule has 8 heteroatoms. The summed E-state index contributed by atoms with van der Waals surface area (Å²) in [7, 11) is 0. The van der Waals surface area contributed by atoms with Crippen LogP contribution in [-0.4, -0.2) is 27.3 Å². The normalized spacial score (nSPS) is 11.9. The van der Waals surface area contributed by atoms with Crippen LogP contribution in [-0.2, 0) is 6.42 Å². The Morgan fingerprint density at radius 3 is 2.23 bits per heavy atom. The predicted molar refractivity (Wildman–Crippen MR) is 150 cm³/mol. The van der Waals surface area contributed by atoms with Crippen molar-refractivity contribution in [2.24, 2.45) is 0 Å². The highest BCUT2D eigenvalue weighted by molar-refractivity contribution is 6.09. The number of rotatable bonds is 8. The Balaban J connectivity index is 1.33. The maximum absolute atomic E-state index is 13.2. The molecular formula is C32H24FN3O4. The lowest BCUT2D eigenvalue weighted by molar-refractivity contribution is 0.103. The molecule has 2 N–H and O–H groups in total. The van der Waals surface area contributed by atoms with Crippen LogP contribution in [0.4, 0.5) is 4.39 Å². The second kappa shape index (κ2) is 12.0. The van der Waals surface area contributed by atoms with Gasteiger partial charge < -0.3 is 14.7 Å². The topological polar surface area (TPSA) is 105 Å². The van der Waals surface area contributed by atoms with E-state index in [0.29, 0.717) is 34.7 Å². The monoisotopic (exact) mass is 533 g/mol. The fourth-order valence-corrected chi connectivity index (χ4v) is 4.04. The van der Waals surface area contributed by atoms with Crippen LogP contribution >= 0.6 is 0 Å². The van der Waals surface area contributed by atoms with E-state index in [1.807, 2.05) is 30.3 Å². The molecule has 5 aromatic rings. The van der Waals surface area contributed by atoms with E-state index in [9.17, 15) is 18.8 Å². The minimum Gasteiger partial charge on any atom is -0.492 e. The second-order valence-corrected chi connectivity index (χ2v) is 8.99. The van der Waals surface area contributed by atoms with E-state index in [1.165, 1.54) is 42.0 Å². The number of hydrogen-bond acceptors (Lipinski definition) is 5. The first-order valence-corrected chi connectivity index (χ1v) is 12.5. The van der Waals surface area contributed by atoms with E-state index in [1.54, 1.807) is 42.6 Å². The molecule has 0 saturated heterocycles. The highest BCUT2D eigenvalue weighted by Crippen LogP contribution is 2.13. The zero-order valence-corrected chi connectivity index (χ0v) is 21.3. The van der Waals surface area contributed by atoms with E-state index >= 15 is 0 Å². The van der Waals surface area contributed by atoms with Gasteiger partial charge in [-0.2, -0.15) is 0 Å². The molecule has 0 aliphatic carbocycles. The average Bonchev–Trinajstić information content (AvgIpc) is 2.97. The summed E-state index contributed by atoms with van der Waals surface area (Å²) in [6.45, 7) is 0.503. The summed E-state index contributed by atoms with van der Waals surface area (Å²) < 4.78 is 18.9. The molecule has 198 valence electrons. The Kier molecular flexibility index (Phi) is 7.87. The zero-order chi connectivity index (χ0) is 27.9. The fourth-order valence-electron chi connectivity index (χ4n) is 4.04. The van der Waals surface area contributed by atoms with Gasteiger partial charge >= 0.3 is 0 Å². The van der Waals surface area contributed by atoms with Crippen molar-refractivity contribution in [1.29, 1.82) is 0 Å². The quantitative estimate of drug-likeness (QED) is 0.298. The molecule has 0 bridgehead atoms. The lowest BCUT2D eigenvalue weighted by Gasteiger charge is -2.06. The molecule has 0 unspecified atom stereocenters. The molecule has 0 amide bonds. The number of halogens is 1. The number of benzene rings is 3. The molecule has 40 heavy (non-hydrogen) atoms. The van der Waals surface area contributed by atoms with Crippen LogP contribution in [0.25, 0.3) is 12.2 Å². The van der Waals surface area contributed by atoms with Gasteiger partial charge in [-0.3, -0.25) is 19.4 Å². The van der Waals surface area contributed by atoms with Crippen molar-refractivity contribution in [2.45, 2.75) is 6.42 Å². The SMILES string of the molecule is O=C(c1ccc(F)cc1)c1cccc(C=c2[nH]c(=O)c(=Cc3ccc(OCCc4ccccc4)cn3)[nH]c2=O)c1. The number of ether oxygens (including phenoxy) is 1. The van der Waals surface area contributed by atoms with E-state index < -0.39 is 16.9 Å². The molecule has 0 atom stereocenters. The first-order valence-electron chi connectivity index (χ1n) is 12.5. The van der Waals surface area contributed by atoms with E-state index in [-0.39, 0.29) is 16.5 Å². The first kappa shape index (κ1) is 26.2. The highest BCUT2D eigenvalue weighted by Gasteiger charge is 2.09. The van der Waals surface area contributed by atoms with Gasteiger partial charge in [0.1, 0.15) is 22.3 Å². The van der Waals surface area contributed by atoms with Crippen LogP contribution in [0, 0.1) is 5.82 Å². The Hall–Kier alpha value is -5.37. The maximum atomic E-state index is 13.2. The van der Waals surface area contributed by atoms with Gasteiger partial charge in [0, 0.05) is 17.5 Å². The average molecular weight is 534 g/mol. The third-order valence-corrected chi connectivity index (χ3v) is 6.11. The van der Waals surface area contributed by atoms with Crippen molar-refractivity contribution in [3.8, 4) is 5.75 Å². The summed E-state index contributed by atoms with van der Waals surface area (Å²) >= 11 is 0. The number of aromatic nitrogens is 3. The van der Waals surface area contributed by atoms with Crippen molar-refractivity contribution < 1.29 is 13.9 Å². The molecule has 0 aliphatic heterocycles. The van der Waals surface area contributed by atoms with E-state index in [4.69, 9.17) is 4.74 Å². The van der Waals surface area contributed by atoms with Gasteiger partial charge in [0.15, 0.2) is 5.78 Å². The first-order chi connectivity index (χ1) is 19.4. The molecule has 0 aliphatic rings. The Morgan fingerprint density at radius 1 is 0.800 bits per heavy atom. The van der Waals surface area contributed by atoms with Crippen molar-refractivity contribution in [2.75, 3.05) is 6.61 Å². The van der Waals surface area contributed by atoms with Crippen molar-refractivity contribution in [3.63, 3.8) is 0 Å². The van der Waals surface area contributed by atoms with Gasteiger partial charge in [0.05, 0.1) is 18.5 Å². The van der Waals surface area contributed by atoms with Crippen LogP contribution in [0.15, 0.2) is 107 Å². The predicted octanol–water partition coefficient (Wildman–Crippen LogP) is 3.11. The number of nitrogens with one attached hydrogen (secondary N) is 2. The largest absolute Gasteiger partial charge is 0.492 e. The van der Waals surface area contributed by atoms with Gasteiger partial charge in [-0.15, -0.1) is 0 Å². The molecular weight excluding hydrogens is 509 g/mol. The van der Waals surface area contributed by atoms with Crippen molar-refractivity contribution >= 4 is 17.9 Å². The minimum atomic E-state index is -0.512. The van der Waals surface area contributed by atoms with Crippen LogP contribution in [0.1, 0.15) is 32.7 Å². The summed E-state index contributed by atoms with van der Waals surface area (Å²) in [6, 6.07) is 25.3. The summed E-state index contributed by atoms with van der Waals surface area (Å²) in [5.74, 6) is -0.123. The standard InChI is InChI=1S/C32H24FN3O4/c33-25-11-9-23(10-12-25)30(37)24-8-4-7-22(17-24)18-28-31(38)36-29(32(39)35-28)19-26-13-14-27(20-34-26)40-16-15-21-5-2-1-3-6-21/h1-14,17-20H,15-16H2,(H,35,39)(H,36,38). The summed E-state index contributed by atoms with van der Waals surface area (Å²) in [5.41, 5.74) is 1.87. The van der Waals surface area contributed by atoms with Gasteiger partial charge in [-0.1, -0.05) is 48.5 Å². The van der Waals surface area contributed by atoms with Crippen LogP contribution in [0.2, 0.25) is 0 Å². The lowest BCUT2D eigenvalue weighted by atomic mass is 10.0. The molecule has 5 rings (SSSR count). The molecule has 0 spiro atoms. The second-order valence-electron chi connectivity index (χ2n) is 8.99. The number of pyridine rings is 1. The third kappa shape index (κ3) is 6.54. The van der Waals surface area contributed by atoms with E-state index in [2.05, 4.69) is 15.0 Å². The molecule has 2 heterocycles. The van der Waals surface area contributed by atoms with Crippen LogP contribution in [0.5, 0.6) is 5.75 Å². The zero-order valence-electron chi connectivity index (χ0n) is 21.3. The van der Waals surface area contributed by atoms with Gasteiger partial charge in [-0.25, -0.2) is 4.39 Å². The fraction of sp³-hybridized carbons (Fsp3) is 0.0625. The van der Waals surface area contributed by atoms with Crippen LogP contribution in [0.3, 0.4) is 0 Å². The minimum absolute atomic E-state index is 0.0312. The van der Waals surface area contributed by atoms with Crippen molar-refractivity contribution in [1.82, 2.24) is 15.0 Å². The number of nitrogens with zero attached hydrogens (tertiary/aromatic N) is 1. The molecule has 0 saturated carbocycles. The maximum Gasteiger partial charge on any atom is 0.272 e. The molecule has 3 aromatic carbocycles. The number of ketones is 1. The number of carbonyl (C=O) groups excluding carboxylic acids is 1. The molecule has 0 radical (unpaired) electrons. The lowest BCUT2D eigenvalue weighted by Crippen LogP contribution is -2.46.